The zero-order valence-electron chi connectivity index (χ0n) is 24.3. The van der Waals surface area contributed by atoms with Crippen LogP contribution < -0.4 is 4.74 Å². The molecule has 41 heavy (non-hydrogen) atoms. The smallest absolute Gasteiger partial charge is 0.419 e. The number of rotatable bonds is 6. The number of piperidine rings is 1. The van der Waals surface area contributed by atoms with Crippen LogP contribution in [-0.4, -0.2) is 79.4 Å². The van der Waals surface area contributed by atoms with E-state index in [4.69, 9.17) is 16.3 Å². The number of hydrogen-bond donors (Lipinski definition) is 0. The number of ether oxygens (including phenoxy) is 1. The van der Waals surface area contributed by atoms with Gasteiger partial charge < -0.3 is 19.4 Å². The molecule has 224 valence electrons. The van der Waals surface area contributed by atoms with Crippen LogP contribution in [0.2, 0.25) is 5.02 Å². The van der Waals surface area contributed by atoms with Gasteiger partial charge in [-0.25, -0.2) is 0 Å². The van der Waals surface area contributed by atoms with Gasteiger partial charge in [-0.15, -0.1) is 0 Å². The average molecular weight is 594 g/mol. The first kappa shape index (κ1) is 31.2. The summed E-state index contributed by atoms with van der Waals surface area (Å²) in [7, 11) is 2.75. The Hall–Kier alpha value is -2.78. The number of halogens is 4. The first-order chi connectivity index (χ1) is 19.2. The van der Waals surface area contributed by atoms with E-state index in [0.29, 0.717) is 18.1 Å². The number of hydrogen-bond acceptors (Lipinski definition) is 4. The Balaban J connectivity index is 1.55. The summed E-state index contributed by atoms with van der Waals surface area (Å²) in [6, 6.07) is 10.2. The molecule has 0 N–H and O–H groups in total. The van der Waals surface area contributed by atoms with Gasteiger partial charge in [0, 0.05) is 49.1 Å². The Morgan fingerprint density at radius 3 is 2.22 bits per heavy atom. The first-order valence-corrected chi connectivity index (χ1v) is 14.3. The molecule has 2 amide bonds. The summed E-state index contributed by atoms with van der Waals surface area (Å²) < 4.78 is 45.8. The topological polar surface area (TPSA) is 53.1 Å². The maximum atomic E-state index is 13.7. The summed E-state index contributed by atoms with van der Waals surface area (Å²) in [6.07, 6.45) is -3.11. The Kier molecular flexibility index (Phi) is 9.29. The largest absolute Gasteiger partial charge is 0.496 e. The molecule has 0 aromatic heterocycles. The summed E-state index contributed by atoms with van der Waals surface area (Å²) in [4.78, 5) is 33.0. The second kappa shape index (κ2) is 12.2. The Morgan fingerprint density at radius 2 is 1.66 bits per heavy atom. The van der Waals surface area contributed by atoms with Crippen LogP contribution in [0.15, 0.2) is 42.5 Å². The fraction of sp³-hybridized carbons (Fsp3) is 0.548. The zero-order chi connectivity index (χ0) is 30.1. The number of carbonyl (C=O) groups excluding carboxylic acids is 2. The third-order valence-electron chi connectivity index (χ3n) is 8.10. The quantitative estimate of drug-likeness (QED) is 0.401. The van der Waals surface area contributed by atoms with Crippen molar-refractivity contribution in [2.45, 2.75) is 51.7 Å². The highest BCUT2D eigenvalue weighted by Crippen LogP contribution is 2.38. The van der Waals surface area contributed by atoms with Gasteiger partial charge in [-0.3, -0.25) is 9.59 Å². The van der Waals surface area contributed by atoms with Crippen molar-refractivity contribution < 1.29 is 27.5 Å². The predicted molar refractivity (Wildman–Crippen MR) is 153 cm³/mol. The van der Waals surface area contributed by atoms with E-state index in [2.05, 4.69) is 25.7 Å². The van der Waals surface area contributed by atoms with E-state index in [-0.39, 0.29) is 34.5 Å². The lowest BCUT2D eigenvalue weighted by atomic mass is 9.91. The second-order valence-electron chi connectivity index (χ2n) is 12.4. The Morgan fingerprint density at radius 1 is 1.02 bits per heavy atom. The summed E-state index contributed by atoms with van der Waals surface area (Å²) in [5.74, 6) is -1.13. The van der Waals surface area contributed by atoms with Gasteiger partial charge in [-0.2, -0.15) is 13.2 Å². The van der Waals surface area contributed by atoms with Crippen LogP contribution in [0.25, 0.3) is 0 Å². The molecule has 2 heterocycles. The summed E-state index contributed by atoms with van der Waals surface area (Å²) in [5, 5.41) is 0.570. The van der Waals surface area contributed by atoms with Crippen LogP contribution in [-0.2, 0) is 11.0 Å². The number of carbonyl (C=O) groups is 2. The van der Waals surface area contributed by atoms with Gasteiger partial charge in [0.1, 0.15) is 5.75 Å². The third kappa shape index (κ3) is 7.36. The zero-order valence-corrected chi connectivity index (χ0v) is 25.1. The van der Waals surface area contributed by atoms with Crippen LogP contribution in [0, 0.1) is 11.3 Å². The van der Waals surface area contributed by atoms with Gasteiger partial charge in [0.25, 0.3) is 5.91 Å². The van der Waals surface area contributed by atoms with Crippen LogP contribution in [0.3, 0.4) is 0 Å². The molecule has 2 saturated heterocycles. The molecule has 4 rings (SSSR count). The number of amides is 2. The molecule has 10 heteroatoms. The molecule has 0 bridgehead atoms. The summed E-state index contributed by atoms with van der Waals surface area (Å²) in [6.45, 7) is 10.1. The van der Waals surface area contributed by atoms with Gasteiger partial charge in [0.15, 0.2) is 0 Å². The molecule has 2 fully saturated rings. The summed E-state index contributed by atoms with van der Waals surface area (Å²) in [5.41, 5.74) is 0.00763. The van der Waals surface area contributed by atoms with E-state index in [1.54, 1.807) is 19.2 Å². The number of likely N-dealkylation sites (tertiary alicyclic amines) is 2. The molecular formula is C31H39ClF3N3O3. The van der Waals surface area contributed by atoms with Gasteiger partial charge in [0.2, 0.25) is 5.91 Å². The van der Waals surface area contributed by atoms with Gasteiger partial charge in [-0.1, -0.05) is 44.5 Å². The van der Waals surface area contributed by atoms with Crippen molar-refractivity contribution in [2.24, 2.45) is 11.3 Å². The Bertz CT molecular complexity index is 1240. The molecule has 2 atom stereocenters. The van der Waals surface area contributed by atoms with Crippen molar-refractivity contribution in [3.63, 3.8) is 0 Å². The SMILES string of the molecule is COc1ccc(C(=O)N(C)[C@@H]2CN(C(=O)C3CCN(CC(C)(C)C)CC3)C[C@H]2c2ccc(Cl)cc2)cc1C(F)(F)F. The van der Waals surface area contributed by atoms with Crippen LogP contribution in [0.1, 0.15) is 61.0 Å². The molecule has 2 aromatic rings. The van der Waals surface area contributed by atoms with Crippen LogP contribution in [0.4, 0.5) is 13.2 Å². The highest BCUT2D eigenvalue weighted by molar-refractivity contribution is 6.30. The van der Waals surface area contributed by atoms with E-state index in [0.717, 1.165) is 57.3 Å². The van der Waals surface area contributed by atoms with Crippen molar-refractivity contribution >= 4 is 23.4 Å². The predicted octanol–water partition coefficient (Wildman–Crippen LogP) is 6.19. The molecule has 0 spiro atoms. The first-order valence-electron chi connectivity index (χ1n) is 14.0. The van der Waals surface area contributed by atoms with Crippen LogP contribution >= 0.6 is 11.6 Å². The second-order valence-corrected chi connectivity index (χ2v) is 12.8. The maximum absolute atomic E-state index is 13.7. The normalized spacial score (nSPS) is 20.8. The number of likely N-dealkylation sites (N-methyl/N-ethyl adjacent to an activating group) is 1. The highest BCUT2D eigenvalue weighted by atomic mass is 35.5. The van der Waals surface area contributed by atoms with E-state index in [1.807, 2.05) is 17.0 Å². The van der Waals surface area contributed by atoms with Gasteiger partial charge in [0.05, 0.1) is 18.7 Å². The van der Waals surface area contributed by atoms with E-state index >= 15 is 0 Å². The molecule has 6 nitrogen and oxygen atoms in total. The van der Waals surface area contributed by atoms with Crippen molar-refractivity contribution in [3.05, 3.63) is 64.2 Å². The number of alkyl halides is 3. The van der Waals surface area contributed by atoms with Crippen molar-refractivity contribution in [1.82, 2.24) is 14.7 Å². The van der Waals surface area contributed by atoms with E-state index < -0.39 is 23.7 Å². The molecule has 2 aliphatic heterocycles. The minimum atomic E-state index is -4.68. The van der Waals surface area contributed by atoms with Crippen LogP contribution in [0.5, 0.6) is 5.75 Å². The van der Waals surface area contributed by atoms with Crippen molar-refractivity contribution in [1.29, 1.82) is 0 Å². The number of methoxy groups -OCH3 is 1. The number of nitrogens with zero attached hydrogens (tertiary/aromatic N) is 3. The lowest BCUT2D eigenvalue weighted by Gasteiger charge is -2.36. The molecule has 0 unspecified atom stereocenters. The maximum Gasteiger partial charge on any atom is 0.419 e. The third-order valence-corrected chi connectivity index (χ3v) is 8.36. The van der Waals surface area contributed by atoms with E-state index in [9.17, 15) is 22.8 Å². The minimum Gasteiger partial charge on any atom is -0.496 e. The van der Waals surface area contributed by atoms with Crippen molar-refractivity contribution in [3.8, 4) is 5.75 Å². The average Bonchev–Trinajstić information content (AvgIpc) is 3.36. The molecular weight excluding hydrogens is 555 g/mol. The van der Waals surface area contributed by atoms with Crippen molar-refractivity contribution in [2.75, 3.05) is 46.9 Å². The molecule has 0 saturated carbocycles. The highest BCUT2D eigenvalue weighted by Gasteiger charge is 2.43. The fourth-order valence-electron chi connectivity index (χ4n) is 6.08. The van der Waals surface area contributed by atoms with Gasteiger partial charge in [-0.05, 0) is 67.2 Å². The monoisotopic (exact) mass is 593 g/mol. The molecule has 0 radical (unpaired) electrons. The van der Waals surface area contributed by atoms with E-state index in [1.165, 1.54) is 11.0 Å². The lowest BCUT2D eigenvalue weighted by Crippen LogP contribution is -2.45. The molecule has 2 aliphatic rings. The number of benzene rings is 2. The standard InChI is InChI=1S/C31H39ClF3N3O3/c1-30(2,3)19-37-14-12-21(13-15-37)29(40)38-17-24(20-6-9-23(32)10-7-20)26(18-38)36(4)28(39)22-8-11-27(41-5)25(16-22)31(33,34)35/h6-11,16,21,24,26H,12-15,17-19H2,1-5H3/t24-,26+/m0/s1. The summed E-state index contributed by atoms with van der Waals surface area (Å²) >= 11 is 6.12. The molecule has 0 aliphatic carbocycles. The lowest BCUT2D eigenvalue weighted by molar-refractivity contribution is -0.139. The van der Waals surface area contributed by atoms with Gasteiger partial charge >= 0.3 is 6.18 Å². The fourth-order valence-corrected chi connectivity index (χ4v) is 6.21. The molecule has 2 aromatic carbocycles. The minimum absolute atomic E-state index is 0.0755. The Labute approximate surface area is 245 Å².